The Morgan fingerprint density at radius 3 is 2.54 bits per heavy atom. The van der Waals surface area contributed by atoms with Gasteiger partial charge in [0.2, 0.25) is 5.95 Å². The summed E-state index contributed by atoms with van der Waals surface area (Å²) < 4.78 is 54.3. The van der Waals surface area contributed by atoms with E-state index in [2.05, 4.69) is 10.3 Å². The molecule has 10 heteroatoms. The van der Waals surface area contributed by atoms with E-state index in [1.54, 1.807) is 0 Å². The second-order valence-corrected chi connectivity index (χ2v) is 7.63. The molecule has 2 aromatic heterocycles. The molecule has 3 aromatic rings. The van der Waals surface area contributed by atoms with Crippen LogP contribution in [0, 0.1) is 11.8 Å². The van der Waals surface area contributed by atoms with Gasteiger partial charge >= 0.3 is 6.09 Å². The molecule has 2 heterocycles. The average Bonchev–Trinajstić information content (AvgIpc) is 3.07. The second-order valence-electron chi connectivity index (χ2n) is 5.81. The first-order valence-corrected chi connectivity index (χ1v) is 9.53. The fourth-order valence-electron chi connectivity index (χ4n) is 2.64. The molecule has 0 aliphatic rings. The smallest absolute Gasteiger partial charge is 0.404 e. The molecule has 1 amide bonds. The van der Waals surface area contributed by atoms with Crippen molar-refractivity contribution in [3.8, 4) is 11.3 Å². The van der Waals surface area contributed by atoms with Crippen LogP contribution in [0.5, 0.6) is 0 Å². The third kappa shape index (κ3) is 4.01. The van der Waals surface area contributed by atoms with Gasteiger partial charge in [-0.2, -0.15) is 4.39 Å². The van der Waals surface area contributed by atoms with Crippen LogP contribution in [0.2, 0.25) is 0 Å². The Bertz CT molecular complexity index is 1110. The lowest BCUT2D eigenvalue weighted by molar-refractivity contribution is 0.194. The minimum Gasteiger partial charge on any atom is -0.465 e. The van der Waals surface area contributed by atoms with E-state index in [0.717, 1.165) is 28.2 Å². The summed E-state index contributed by atoms with van der Waals surface area (Å²) in [6, 6.07) is 8.54. The molecule has 0 radical (unpaired) electrons. The summed E-state index contributed by atoms with van der Waals surface area (Å²) in [6.45, 7) is 0.0465. The molecule has 0 atom stereocenters. The molecule has 0 spiro atoms. The fourth-order valence-corrected chi connectivity index (χ4v) is 4.03. The topological polar surface area (TPSA) is 101 Å². The zero-order chi connectivity index (χ0) is 20.3. The minimum atomic E-state index is -4.15. The van der Waals surface area contributed by atoms with Crippen LogP contribution in [0.25, 0.3) is 11.3 Å². The van der Waals surface area contributed by atoms with Gasteiger partial charge in [0.1, 0.15) is 5.82 Å². The highest BCUT2D eigenvalue weighted by Crippen LogP contribution is 2.28. The highest BCUT2D eigenvalue weighted by Gasteiger charge is 2.23. The number of pyridine rings is 1. The van der Waals surface area contributed by atoms with Crippen molar-refractivity contribution in [2.45, 2.75) is 11.3 Å². The maximum Gasteiger partial charge on any atom is 0.404 e. The van der Waals surface area contributed by atoms with Crippen LogP contribution in [0.15, 0.2) is 59.8 Å². The number of benzene rings is 1. The Balaban J connectivity index is 2.10. The van der Waals surface area contributed by atoms with Crippen LogP contribution in [0.1, 0.15) is 5.56 Å². The molecule has 0 fully saturated rings. The zero-order valence-electron chi connectivity index (χ0n) is 14.3. The summed E-state index contributed by atoms with van der Waals surface area (Å²) in [5.74, 6) is -1.45. The first-order chi connectivity index (χ1) is 13.3. The van der Waals surface area contributed by atoms with Gasteiger partial charge in [0.05, 0.1) is 16.2 Å². The molecule has 0 aliphatic carbocycles. The van der Waals surface area contributed by atoms with Gasteiger partial charge in [-0.15, -0.1) is 0 Å². The lowest BCUT2D eigenvalue weighted by Crippen LogP contribution is -2.23. The van der Waals surface area contributed by atoms with E-state index in [-0.39, 0.29) is 29.1 Å². The molecule has 146 valence electrons. The average molecular weight is 407 g/mol. The molecule has 0 aliphatic heterocycles. The van der Waals surface area contributed by atoms with E-state index in [4.69, 9.17) is 5.11 Å². The van der Waals surface area contributed by atoms with Crippen molar-refractivity contribution in [1.82, 2.24) is 14.3 Å². The van der Waals surface area contributed by atoms with Crippen molar-refractivity contribution in [3.05, 3.63) is 72.2 Å². The quantitative estimate of drug-likeness (QED) is 0.612. The van der Waals surface area contributed by atoms with Gasteiger partial charge in [0, 0.05) is 18.9 Å². The van der Waals surface area contributed by atoms with Crippen LogP contribution in [0.4, 0.5) is 13.6 Å². The van der Waals surface area contributed by atoms with E-state index < -0.39 is 27.9 Å². The van der Waals surface area contributed by atoms with Crippen molar-refractivity contribution >= 4 is 16.1 Å². The zero-order valence-corrected chi connectivity index (χ0v) is 15.2. The number of aromatic nitrogens is 2. The van der Waals surface area contributed by atoms with Crippen molar-refractivity contribution < 1.29 is 27.1 Å². The molecular formula is C18H15F2N3O4S. The first kappa shape index (κ1) is 19.5. The first-order valence-electron chi connectivity index (χ1n) is 8.09. The third-order valence-corrected chi connectivity index (χ3v) is 5.63. The maximum absolute atomic E-state index is 14.2. The largest absolute Gasteiger partial charge is 0.465 e. The summed E-state index contributed by atoms with van der Waals surface area (Å²) in [5.41, 5.74) is 0.462. The number of nitrogens with zero attached hydrogens (tertiary/aromatic N) is 2. The van der Waals surface area contributed by atoms with Gasteiger partial charge in [0.25, 0.3) is 10.0 Å². The number of halogens is 2. The maximum atomic E-state index is 14.2. The van der Waals surface area contributed by atoms with Gasteiger partial charge in [-0.1, -0.05) is 0 Å². The predicted octanol–water partition coefficient (Wildman–Crippen LogP) is 2.88. The standard InChI is InChI=1S/C18H15F2N3O4S/c19-13-3-5-14(6-4-13)28(26,27)23-11-12(7-9-22-18(24)25)10-16(23)15-2-1-8-21-17(15)20/h1-6,8,10-11,22H,7,9H2,(H,24,25). The van der Waals surface area contributed by atoms with Crippen molar-refractivity contribution in [2.75, 3.05) is 6.54 Å². The van der Waals surface area contributed by atoms with Crippen LogP contribution >= 0.6 is 0 Å². The van der Waals surface area contributed by atoms with Gasteiger partial charge in [-0.25, -0.2) is 26.6 Å². The van der Waals surface area contributed by atoms with E-state index in [0.29, 0.717) is 5.56 Å². The molecule has 2 N–H and O–H groups in total. The molecule has 1 aromatic carbocycles. The highest BCUT2D eigenvalue weighted by molar-refractivity contribution is 7.90. The Kier molecular flexibility index (Phi) is 5.41. The molecule has 3 rings (SSSR count). The van der Waals surface area contributed by atoms with Crippen LogP contribution in [0.3, 0.4) is 0 Å². The second kappa shape index (κ2) is 7.77. The monoisotopic (exact) mass is 407 g/mol. The van der Waals surface area contributed by atoms with Crippen LogP contribution in [-0.4, -0.2) is 35.1 Å². The third-order valence-electron chi connectivity index (χ3n) is 3.94. The number of amides is 1. The Labute approximate surface area is 159 Å². The Morgan fingerprint density at radius 2 is 1.89 bits per heavy atom. The number of nitrogens with one attached hydrogen (secondary N) is 1. The van der Waals surface area contributed by atoms with Crippen LogP contribution in [-0.2, 0) is 16.4 Å². The number of hydrogen-bond donors (Lipinski definition) is 2. The summed E-state index contributed by atoms with van der Waals surface area (Å²) >= 11 is 0. The Hall–Kier alpha value is -3.27. The SMILES string of the molecule is O=C(O)NCCc1cc(-c2cccnc2F)n(S(=O)(=O)c2ccc(F)cc2)c1. The normalized spacial score (nSPS) is 11.4. The minimum absolute atomic E-state index is 0.0280. The van der Waals surface area contributed by atoms with E-state index in [1.165, 1.54) is 30.6 Å². The molecule has 0 unspecified atom stereocenters. The van der Waals surface area contributed by atoms with Gasteiger partial charge in [-0.3, -0.25) is 0 Å². The predicted molar refractivity (Wildman–Crippen MR) is 96.3 cm³/mol. The fraction of sp³-hybridized carbons (Fsp3) is 0.111. The molecule has 7 nitrogen and oxygen atoms in total. The van der Waals surface area contributed by atoms with Crippen molar-refractivity contribution in [3.63, 3.8) is 0 Å². The van der Waals surface area contributed by atoms with Gasteiger partial charge < -0.3 is 10.4 Å². The number of hydrogen-bond acceptors (Lipinski definition) is 4. The molecule has 0 saturated carbocycles. The highest BCUT2D eigenvalue weighted by atomic mass is 32.2. The molecule has 0 saturated heterocycles. The van der Waals surface area contributed by atoms with Crippen molar-refractivity contribution in [2.24, 2.45) is 0 Å². The number of rotatable bonds is 6. The summed E-state index contributed by atoms with van der Waals surface area (Å²) in [7, 11) is -4.15. The molecule has 28 heavy (non-hydrogen) atoms. The summed E-state index contributed by atoms with van der Waals surface area (Å²) in [4.78, 5) is 14.0. The van der Waals surface area contributed by atoms with E-state index in [9.17, 15) is 22.0 Å². The van der Waals surface area contributed by atoms with E-state index >= 15 is 0 Å². The lowest BCUT2D eigenvalue weighted by Gasteiger charge is -2.11. The van der Waals surface area contributed by atoms with Crippen LogP contribution < -0.4 is 5.32 Å². The van der Waals surface area contributed by atoms with Gasteiger partial charge in [0.15, 0.2) is 0 Å². The molecule has 0 bridgehead atoms. The summed E-state index contributed by atoms with van der Waals surface area (Å²) in [6.07, 6.45) is 1.49. The summed E-state index contributed by atoms with van der Waals surface area (Å²) in [5, 5.41) is 10.8. The van der Waals surface area contributed by atoms with Gasteiger partial charge in [-0.05, 0) is 54.4 Å². The number of carboxylic acid groups (broad SMARTS) is 1. The van der Waals surface area contributed by atoms with Crippen molar-refractivity contribution in [1.29, 1.82) is 0 Å². The Morgan fingerprint density at radius 1 is 1.18 bits per heavy atom. The number of carbonyl (C=O) groups is 1. The molecular weight excluding hydrogens is 392 g/mol. The lowest BCUT2D eigenvalue weighted by atomic mass is 10.1. The van der Waals surface area contributed by atoms with E-state index in [1.807, 2.05) is 0 Å².